The van der Waals surface area contributed by atoms with Crippen molar-refractivity contribution >= 4 is 75.3 Å². The molecule has 2 amide bonds. The van der Waals surface area contributed by atoms with Crippen molar-refractivity contribution in [3.63, 3.8) is 0 Å². The number of carboxylic acid groups (broad SMARTS) is 2. The summed E-state index contributed by atoms with van der Waals surface area (Å²) in [6, 6.07) is 0.469. The van der Waals surface area contributed by atoms with Crippen LogP contribution >= 0.6 is 34.9 Å². The van der Waals surface area contributed by atoms with Crippen LogP contribution in [-0.2, 0) is 31.1 Å². The number of nitrogens with zero attached hydrogens (tertiary/aromatic N) is 5. The van der Waals surface area contributed by atoms with Crippen LogP contribution in [0, 0.1) is 0 Å². The number of thiazole rings is 1. The van der Waals surface area contributed by atoms with Gasteiger partial charge < -0.3 is 36.6 Å². The van der Waals surface area contributed by atoms with E-state index in [1.54, 1.807) is 17.7 Å². The molecule has 0 bridgehead atoms. The highest BCUT2D eigenvalue weighted by Crippen LogP contribution is 2.41. The van der Waals surface area contributed by atoms with Crippen molar-refractivity contribution in [2.75, 3.05) is 30.1 Å². The molecule has 2 atom stereocenters. The first-order chi connectivity index (χ1) is 19.7. The number of hydrogen-bond acceptors (Lipinski definition) is 14. The average Bonchev–Trinajstić information content (AvgIpc) is 3.36. The van der Waals surface area contributed by atoms with Gasteiger partial charge >= 0.3 is 17.1 Å². The second-order valence-electron chi connectivity index (χ2n) is 9.39. The Kier molecular flexibility index (Phi) is 8.83. The Morgan fingerprint density at radius 2 is 2.02 bits per heavy atom. The molecule has 4 rings (SSSR count). The predicted molar refractivity (Wildman–Crippen MR) is 153 cm³/mol. The van der Waals surface area contributed by atoms with Crippen LogP contribution in [0.2, 0.25) is 0 Å². The molecule has 0 radical (unpaired) electrons. The Morgan fingerprint density at radius 3 is 2.62 bits per heavy atom. The van der Waals surface area contributed by atoms with Crippen molar-refractivity contribution in [1.82, 2.24) is 20.2 Å². The monoisotopic (exact) mass is 639 g/mol. The van der Waals surface area contributed by atoms with Gasteiger partial charge in [-0.05, 0) is 36.2 Å². The Morgan fingerprint density at radius 1 is 1.31 bits per heavy atom. The van der Waals surface area contributed by atoms with Gasteiger partial charge in [0.2, 0.25) is 11.4 Å². The van der Waals surface area contributed by atoms with Crippen LogP contribution in [0.3, 0.4) is 0 Å². The number of nitrogens with one attached hydrogen (secondary N) is 1. The van der Waals surface area contributed by atoms with Crippen molar-refractivity contribution in [3.8, 4) is 5.88 Å². The lowest BCUT2D eigenvalue weighted by atomic mass is 10.0. The predicted octanol–water partition coefficient (Wildman–Crippen LogP) is -0.350. The fraction of sp³-hybridized carbons (Fsp3) is 0.391. The Balaban J connectivity index is 1.53. The SMILES string of the molecule is COc1cc(N)nc(SCC2=C(C(=O)O)N3C(=O)[C@@H](NC(=O)/C(=N/OC(C)(C)C(=O)O)c4csc(N)n4)[C@H]3SC2)[n+]1C. The molecule has 0 saturated carbocycles. The maximum absolute atomic E-state index is 13.2. The molecule has 4 heterocycles. The standard InChI is InChI=1S/C23H26N8O8S3/c1-23(2,20(36)37)39-29-13(10-8-41-21(25)26-10)16(32)28-14-17(33)31-15(19(34)35)9(6-40-18(14)31)7-42-22-27-11(24)5-12(38-4)30(22)3/h5,8,14,18,24H,6-7H2,1-4H3,(H5,25,26,28,32,34,35,36,37)/p+1/b29-13+/t14-,18-/m1/s1. The van der Waals surface area contributed by atoms with E-state index in [-0.39, 0.29) is 33.8 Å². The number of oxime groups is 1. The molecule has 0 aromatic carbocycles. The van der Waals surface area contributed by atoms with Gasteiger partial charge in [-0.3, -0.25) is 14.5 Å². The highest BCUT2D eigenvalue weighted by Gasteiger charge is 2.54. The van der Waals surface area contributed by atoms with Crippen LogP contribution in [0.1, 0.15) is 19.5 Å². The van der Waals surface area contributed by atoms with Gasteiger partial charge in [-0.1, -0.05) is 5.16 Å². The number of nitrogen functional groups attached to an aromatic ring is 2. The van der Waals surface area contributed by atoms with Crippen LogP contribution in [-0.4, -0.2) is 90.2 Å². The van der Waals surface area contributed by atoms with E-state index in [4.69, 9.17) is 21.0 Å². The van der Waals surface area contributed by atoms with Gasteiger partial charge in [0, 0.05) is 16.9 Å². The number of aromatic nitrogens is 3. The first-order valence-corrected chi connectivity index (χ1v) is 14.9. The first-order valence-electron chi connectivity index (χ1n) is 12.0. The van der Waals surface area contributed by atoms with Crippen molar-refractivity contribution in [2.45, 2.75) is 36.0 Å². The molecule has 0 spiro atoms. The summed E-state index contributed by atoms with van der Waals surface area (Å²) in [5, 5.41) is 26.9. The zero-order chi connectivity index (χ0) is 30.9. The molecule has 2 aliphatic heterocycles. The average molecular weight is 640 g/mol. The van der Waals surface area contributed by atoms with E-state index < -0.39 is 46.5 Å². The molecule has 16 nitrogen and oxygen atoms in total. The van der Waals surface area contributed by atoms with Gasteiger partial charge in [-0.15, -0.1) is 23.1 Å². The van der Waals surface area contributed by atoms with Gasteiger partial charge in [0.1, 0.15) is 22.8 Å². The van der Waals surface area contributed by atoms with Gasteiger partial charge in [0.05, 0.1) is 20.2 Å². The number of ether oxygens (including phenoxy) is 1. The Bertz CT molecular complexity index is 1520. The van der Waals surface area contributed by atoms with Crippen LogP contribution < -0.4 is 26.1 Å². The van der Waals surface area contributed by atoms with Crippen LogP contribution in [0.25, 0.3) is 0 Å². The van der Waals surface area contributed by atoms with Gasteiger partial charge in [0.15, 0.2) is 10.8 Å². The van der Waals surface area contributed by atoms with Crippen LogP contribution in [0.4, 0.5) is 10.9 Å². The van der Waals surface area contributed by atoms with E-state index in [1.807, 2.05) is 0 Å². The number of carbonyl (C=O) groups excluding carboxylic acids is 2. The number of fused-ring (bicyclic) bond motifs is 1. The quantitative estimate of drug-likeness (QED) is 0.0528. The van der Waals surface area contributed by atoms with Crippen LogP contribution in [0.15, 0.2) is 33.0 Å². The maximum atomic E-state index is 13.2. The fourth-order valence-electron chi connectivity index (χ4n) is 3.82. The maximum Gasteiger partial charge on any atom is 0.364 e. The topological polar surface area (TPSA) is 237 Å². The number of nitrogens with two attached hydrogens (primary N) is 2. The molecule has 0 unspecified atom stereocenters. The number of thioether (sulfide) groups is 2. The molecule has 19 heteroatoms. The molecular formula is C23H27N8O8S3+. The normalized spacial score (nSPS) is 18.7. The van der Waals surface area contributed by atoms with E-state index in [0.717, 1.165) is 16.2 Å². The molecule has 224 valence electrons. The summed E-state index contributed by atoms with van der Waals surface area (Å²) >= 11 is 3.53. The summed E-state index contributed by atoms with van der Waals surface area (Å²) in [6.07, 6.45) is 0. The first kappa shape index (κ1) is 30.8. The molecule has 1 fully saturated rings. The minimum absolute atomic E-state index is 0.0153. The second kappa shape index (κ2) is 12.0. The van der Waals surface area contributed by atoms with E-state index >= 15 is 0 Å². The summed E-state index contributed by atoms with van der Waals surface area (Å²) < 4.78 is 6.95. The zero-order valence-corrected chi connectivity index (χ0v) is 25.1. The summed E-state index contributed by atoms with van der Waals surface area (Å²) in [6.45, 7) is 2.48. The number of hydrogen-bond donors (Lipinski definition) is 5. The highest BCUT2D eigenvalue weighted by atomic mass is 32.2. The molecule has 0 aliphatic carbocycles. The Labute approximate surface area is 251 Å². The lowest BCUT2D eigenvalue weighted by Crippen LogP contribution is -2.71. The van der Waals surface area contributed by atoms with Crippen LogP contribution in [0.5, 0.6) is 5.88 Å². The number of aliphatic carboxylic acids is 2. The summed E-state index contributed by atoms with van der Waals surface area (Å²) in [5.41, 5.74) is 9.70. The third-order valence-corrected chi connectivity index (χ3v) is 9.22. The molecular weight excluding hydrogens is 613 g/mol. The lowest BCUT2D eigenvalue weighted by Gasteiger charge is -2.49. The molecule has 2 aromatic rings. The molecule has 2 aromatic heterocycles. The molecule has 1 saturated heterocycles. The van der Waals surface area contributed by atoms with Gasteiger partial charge in [-0.25, -0.2) is 14.6 Å². The van der Waals surface area contributed by atoms with E-state index in [9.17, 15) is 29.4 Å². The Hall–Kier alpha value is -4.10. The number of rotatable bonds is 11. The third-order valence-electron chi connectivity index (χ3n) is 6.09. The molecule has 7 N–H and O–H groups in total. The second-order valence-corrected chi connectivity index (χ2v) is 12.3. The van der Waals surface area contributed by atoms with Gasteiger partial charge in [-0.2, -0.15) is 4.57 Å². The van der Waals surface area contributed by atoms with Gasteiger partial charge in [0.25, 0.3) is 17.7 Å². The number of carbonyl (C=O) groups is 4. The number of methoxy groups -OCH3 is 1. The minimum atomic E-state index is -1.77. The number of amides is 2. The third kappa shape index (κ3) is 6.07. The number of anilines is 2. The van der Waals surface area contributed by atoms with Crippen molar-refractivity contribution in [2.24, 2.45) is 12.2 Å². The lowest BCUT2D eigenvalue weighted by molar-refractivity contribution is -0.717. The number of β-lactam (4-membered cyclic amide) rings is 1. The fourth-order valence-corrected chi connectivity index (χ4v) is 6.83. The van der Waals surface area contributed by atoms with E-state index in [0.29, 0.717) is 16.6 Å². The smallest absolute Gasteiger partial charge is 0.364 e. The van der Waals surface area contributed by atoms with Crippen molar-refractivity contribution in [3.05, 3.63) is 28.4 Å². The summed E-state index contributed by atoms with van der Waals surface area (Å²) in [7, 11) is 3.21. The number of carboxylic acids is 2. The zero-order valence-electron chi connectivity index (χ0n) is 22.7. The molecule has 2 aliphatic rings. The van der Waals surface area contributed by atoms with E-state index in [1.165, 1.54) is 49.9 Å². The summed E-state index contributed by atoms with van der Waals surface area (Å²) in [5.74, 6) is -2.97. The molecule has 42 heavy (non-hydrogen) atoms. The van der Waals surface area contributed by atoms with Crippen molar-refractivity contribution in [1.29, 1.82) is 0 Å². The summed E-state index contributed by atoms with van der Waals surface area (Å²) in [4.78, 5) is 64.6. The minimum Gasteiger partial charge on any atom is -0.478 e. The largest absolute Gasteiger partial charge is 0.478 e. The highest BCUT2D eigenvalue weighted by molar-refractivity contribution is 8.01. The van der Waals surface area contributed by atoms with E-state index in [2.05, 4.69) is 20.4 Å². The van der Waals surface area contributed by atoms with Crippen molar-refractivity contribution < 1.29 is 43.5 Å².